The largest absolute Gasteiger partial charge is 0.481 e. The van der Waals surface area contributed by atoms with Crippen LogP contribution in [0.25, 0.3) is 0 Å². The van der Waals surface area contributed by atoms with Gasteiger partial charge in [0.1, 0.15) is 0 Å². The quantitative estimate of drug-likeness (QED) is 0.841. The second-order valence-electron chi connectivity index (χ2n) is 4.28. The average molecular weight is 236 g/mol. The summed E-state index contributed by atoms with van der Waals surface area (Å²) in [6.07, 6.45) is 2.03. The molecule has 1 aromatic heterocycles. The van der Waals surface area contributed by atoms with E-state index in [9.17, 15) is 4.79 Å². The Kier molecular flexibility index (Phi) is 3.28. The molecule has 17 heavy (non-hydrogen) atoms. The summed E-state index contributed by atoms with van der Waals surface area (Å²) in [4.78, 5) is 17.6. The van der Waals surface area contributed by atoms with Gasteiger partial charge in [0.2, 0.25) is 11.8 Å². The lowest BCUT2D eigenvalue weighted by Crippen LogP contribution is -2.25. The number of nitrogens with zero attached hydrogens (tertiary/aromatic N) is 2. The van der Waals surface area contributed by atoms with Crippen LogP contribution in [0.1, 0.15) is 12.0 Å². The number of anilines is 1. The lowest BCUT2D eigenvalue weighted by Gasteiger charge is -2.17. The van der Waals surface area contributed by atoms with E-state index >= 15 is 0 Å². The number of pyridine rings is 1. The maximum atomic E-state index is 11.8. The molecular weight excluding hydrogens is 220 g/mol. The molecule has 92 valence electrons. The molecule has 5 heteroatoms. The van der Waals surface area contributed by atoms with Crippen molar-refractivity contribution in [2.24, 2.45) is 5.92 Å². The van der Waals surface area contributed by atoms with Crippen LogP contribution in [0.2, 0.25) is 0 Å². The number of carbonyl (C=O) groups is 1. The van der Waals surface area contributed by atoms with Gasteiger partial charge in [-0.05, 0) is 13.0 Å². The van der Waals surface area contributed by atoms with E-state index in [0.717, 1.165) is 11.3 Å². The van der Waals surface area contributed by atoms with Gasteiger partial charge >= 0.3 is 0 Å². The lowest BCUT2D eigenvalue weighted by molar-refractivity contribution is -0.117. The fraction of sp³-hybridized carbons (Fsp3) is 0.500. The minimum atomic E-state index is 0.0323. The van der Waals surface area contributed by atoms with Crippen molar-refractivity contribution < 1.29 is 14.6 Å². The van der Waals surface area contributed by atoms with Crippen molar-refractivity contribution in [1.82, 2.24) is 4.98 Å². The zero-order chi connectivity index (χ0) is 12.4. The molecule has 1 aliphatic heterocycles. The van der Waals surface area contributed by atoms with Crippen molar-refractivity contribution >= 4 is 11.6 Å². The summed E-state index contributed by atoms with van der Waals surface area (Å²) in [6.45, 7) is 2.49. The minimum Gasteiger partial charge on any atom is -0.481 e. The van der Waals surface area contributed by atoms with Crippen molar-refractivity contribution in [3.05, 3.63) is 17.8 Å². The van der Waals surface area contributed by atoms with Gasteiger partial charge in [-0.2, -0.15) is 0 Å². The Morgan fingerprint density at radius 1 is 1.65 bits per heavy atom. The molecule has 1 N–H and O–H groups in total. The minimum absolute atomic E-state index is 0.0323. The molecule has 0 aliphatic carbocycles. The molecular formula is C12H16N2O3. The Morgan fingerprint density at radius 2 is 2.41 bits per heavy atom. The summed E-state index contributed by atoms with van der Waals surface area (Å²) in [7, 11) is 1.57. The van der Waals surface area contributed by atoms with Crippen LogP contribution in [0.5, 0.6) is 5.88 Å². The van der Waals surface area contributed by atoms with Crippen LogP contribution in [0.3, 0.4) is 0 Å². The normalized spacial score (nSPS) is 19.8. The van der Waals surface area contributed by atoms with E-state index in [2.05, 4.69) is 4.98 Å². The Balaban J connectivity index is 2.23. The van der Waals surface area contributed by atoms with Gasteiger partial charge in [-0.15, -0.1) is 0 Å². The molecule has 1 aliphatic rings. The highest BCUT2D eigenvalue weighted by Crippen LogP contribution is 2.27. The molecule has 1 unspecified atom stereocenters. The zero-order valence-corrected chi connectivity index (χ0v) is 10.0. The van der Waals surface area contributed by atoms with Gasteiger partial charge in [0.15, 0.2) is 0 Å². The highest BCUT2D eigenvalue weighted by atomic mass is 16.5. The van der Waals surface area contributed by atoms with Crippen LogP contribution in [0, 0.1) is 12.8 Å². The van der Waals surface area contributed by atoms with Gasteiger partial charge in [-0.3, -0.25) is 4.79 Å². The molecule has 0 aromatic carbocycles. The number of hydrogen-bond acceptors (Lipinski definition) is 4. The molecule has 1 saturated heterocycles. The van der Waals surface area contributed by atoms with E-state index < -0.39 is 0 Å². The molecule has 1 atom stereocenters. The highest BCUT2D eigenvalue weighted by molar-refractivity contribution is 5.95. The Hall–Kier alpha value is -1.62. The number of aliphatic hydroxyl groups excluding tert-OH is 1. The third-order valence-electron chi connectivity index (χ3n) is 2.98. The van der Waals surface area contributed by atoms with Crippen LogP contribution in [-0.2, 0) is 4.79 Å². The molecule has 0 spiro atoms. The number of amides is 1. The number of ether oxygens (including phenoxy) is 1. The second-order valence-corrected chi connectivity index (χ2v) is 4.28. The number of aliphatic hydroxyl groups is 1. The van der Waals surface area contributed by atoms with Crippen LogP contribution in [0.15, 0.2) is 12.3 Å². The number of aromatic nitrogens is 1. The third kappa shape index (κ3) is 2.24. The van der Waals surface area contributed by atoms with Gasteiger partial charge in [-0.25, -0.2) is 4.98 Å². The van der Waals surface area contributed by atoms with Crippen molar-refractivity contribution in [1.29, 1.82) is 0 Å². The highest BCUT2D eigenvalue weighted by Gasteiger charge is 2.30. The summed E-state index contributed by atoms with van der Waals surface area (Å²) in [5.41, 5.74) is 1.66. The predicted molar refractivity (Wildman–Crippen MR) is 63.1 cm³/mol. The first-order chi connectivity index (χ1) is 8.15. The summed E-state index contributed by atoms with van der Waals surface area (Å²) in [5, 5.41) is 9.07. The topological polar surface area (TPSA) is 62.7 Å². The maximum absolute atomic E-state index is 11.8. The molecule has 2 rings (SSSR count). The summed E-state index contributed by atoms with van der Waals surface area (Å²) in [6, 6.07) is 1.88. The smallest absolute Gasteiger partial charge is 0.227 e. The molecule has 5 nitrogen and oxygen atoms in total. The lowest BCUT2D eigenvalue weighted by atomic mass is 10.1. The first kappa shape index (κ1) is 11.9. The van der Waals surface area contributed by atoms with E-state index in [-0.39, 0.29) is 18.4 Å². The van der Waals surface area contributed by atoms with Crippen molar-refractivity contribution in [3.63, 3.8) is 0 Å². The van der Waals surface area contributed by atoms with Crippen LogP contribution in [-0.4, -0.2) is 36.3 Å². The molecule has 2 heterocycles. The number of carbonyl (C=O) groups excluding carboxylic acids is 1. The summed E-state index contributed by atoms with van der Waals surface area (Å²) in [5.74, 6) is 0.638. The van der Waals surface area contributed by atoms with Crippen molar-refractivity contribution in [3.8, 4) is 5.88 Å². The molecule has 1 fully saturated rings. The number of methoxy groups -OCH3 is 1. The van der Waals surface area contributed by atoms with E-state index in [0.29, 0.717) is 18.8 Å². The van der Waals surface area contributed by atoms with E-state index in [1.54, 1.807) is 18.2 Å². The van der Waals surface area contributed by atoms with Crippen LogP contribution < -0.4 is 9.64 Å². The first-order valence-electron chi connectivity index (χ1n) is 5.57. The van der Waals surface area contributed by atoms with E-state index in [1.807, 2.05) is 13.0 Å². The second kappa shape index (κ2) is 4.71. The first-order valence-corrected chi connectivity index (χ1v) is 5.57. The van der Waals surface area contributed by atoms with Gasteiger partial charge in [0.25, 0.3) is 0 Å². The molecule has 0 radical (unpaired) electrons. The summed E-state index contributed by atoms with van der Waals surface area (Å²) >= 11 is 0. The Morgan fingerprint density at radius 3 is 2.94 bits per heavy atom. The van der Waals surface area contributed by atoms with Gasteiger partial charge in [-0.1, -0.05) is 0 Å². The van der Waals surface area contributed by atoms with Crippen molar-refractivity contribution in [2.75, 3.05) is 25.2 Å². The number of rotatable bonds is 3. The average Bonchev–Trinajstić information content (AvgIpc) is 2.70. The fourth-order valence-corrected chi connectivity index (χ4v) is 2.06. The third-order valence-corrected chi connectivity index (χ3v) is 2.98. The number of hydrogen-bond donors (Lipinski definition) is 1. The molecule has 1 amide bonds. The van der Waals surface area contributed by atoms with Crippen molar-refractivity contribution in [2.45, 2.75) is 13.3 Å². The van der Waals surface area contributed by atoms with E-state index in [1.165, 1.54) is 0 Å². The maximum Gasteiger partial charge on any atom is 0.227 e. The van der Waals surface area contributed by atoms with Gasteiger partial charge in [0, 0.05) is 31.1 Å². The standard InChI is InChI=1S/C12H16N2O3/c1-8-3-10(5-13-12(8)17-2)14-6-9(7-15)4-11(14)16/h3,5,9,15H,4,6-7H2,1-2H3. The predicted octanol–water partition coefficient (Wildman–Crippen LogP) is 0.744. The van der Waals surface area contributed by atoms with Crippen LogP contribution in [0.4, 0.5) is 5.69 Å². The zero-order valence-electron chi connectivity index (χ0n) is 10.0. The fourth-order valence-electron chi connectivity index (χ4n) is 2.06. The molecule has 1 aromatic rings. The van der Waals surface area contributed by atoms with E-state index in [4.69, 9.17) is 9.84 Å². The Bertz CT molecular complexity index is 434. The van der Waals surface area contributed by atoms with Crippen LogP contribution >= 0.6 is 0 Å². The van der Waals surface area contributed by atoms with Gasteiger partial charge < -0.3 is 14.7 Å². The number of aryl methyl sites for hydroxylation is 1. The molecule has 0 bridgehead atoms. The monoisotopic (exact) mass is 236 g/mol. The van der Waals surface area contributed by atoms with Gasteiger partial charge in [0.05, 0.1) is 19.0 Å². The molecule has 0 saturated carbocycles. The Labute approximate surface area is 100 Å². The SMILES string of the molecule is COc1ncc(N2CC(CO)CC2=O)cc1C. The summed E-state index contributed by atoms with van der Waals surface area (Å²) < 4.78 is 5.08.